The van der Waals surface area contributed by atoms with Gasteiger partial charge in [-0.25, -0.2) is 4.39 Å². The monoisotopic (exact) mass is 394 g/mol. The molecular formula is C21H28ClFN2O2. The predicted molar refractivity (Wildman–Crippen MR) is 108 cm³/mol. The van der Waals surface area contributed by atoms with Crippen molar-refractivity contribution in [1.29, 1.82) is 0 Å². The van der Waals surface area contributed by atoms with Crippen LogP contribution >= 0.6 is 12.4 Å². The van der Waals surface area contributed by atoms with E-state index in [-0.39, 0.29) is 18.2 Å². The lowest BCUT2D eigenvalue weighted by Gasteiger charge is -2.32. The SMILES string of the molecule is CNC1CCCN(Cc2ccc(OCc3ccc(F)cc3)c(OC)c2)C1.Cl. The van der Waals surface area contributed by atoms with Crippen LogP contribution in [0.3, 0.4) is 0 Å². The Labute approximate surface area is 167 Å². The van der Waals surface area contributed by atoms with Gasteiger partial charge in [0.25, 0.3) is 0 Å². The zero-order valence-corrected chi connectivity index (χ0v) is 16.7. The molecule has 1 atom stereocenters. The van der Waals surface area contributed by atoms with Crippen molar-refractivity contribution in [2.45, 2.75) is 32.0 Å². The van der Waals surface area contributed by atoms with Gasteiger partial charge in [-0.05, 0) is 61.8 Å². The summed E-state index contributed by atoms with van der Waals surface area (Å²) in [6, 6.07) is 13.0. The van der Waals surface area contributed by atoms with Gasteiger partial charge in [0.2, 0.25) is 0 Å². The number of nitrogens with zero attached hydrogens (tertiary/aromatic N) is 1. The van der Waals surface area contributed by atoms with E-state index in [1.165, 1.54) is 30.5 Å². The van der Waals surface area contributed by atoms with Crippen molar-refractivity contribution < 1.29 is 13.9 Å². The van der Waals surface area contributed by atoms with Crippen LogP contribution in [-0.4, -0.2) is 38.2 Å². The third kappa shape index (κ3) is 6.09. The molecule has 148 valence electrons. The smallest absolute Gasteiger partial charge is 0.161 e. The number of benzene rings is 2. The average Bonchev–Trinajstić information content (AvgIpc) is 2.68. The van der Waals surface area contributed by atoms with Crippen molar-refractivity contribution in [1.82, 2.24) is 10.2 Å². The van der Waals surface area contributed by atoms with E-state index in [9.17, 15) is 4.39 Å². The van der Waals surface area contributed by atoms with Gasteiger partial charge in [0.05, 0.1) is 7.11 Å². The summed E-state index contributed by atoms with van der Waals surface area (Å²) in [5, 5.41) is 3.38. The third-order valence-electron chi connectivity index (χ3n) is 4.86. The molecule has 0 bridgehead atoms. The highest BCUT2D eigenvalue weighted by atomic mass is 35.5. The Morgan fingerprint density at radius 2 is 1.85 bits per heavy atom. The van der Waals surface area contributed by atoms with E-state index < -0.39 is 0 Å². The lowest BCUT2D eigenvalue weighted by Crippen LogP contribution is -2.43. The first kappa shape index (κ1) is 21.5. The van der Waals surface area contributed by atoms with Crippen molar-refractivity contribution in [2.75, 3.05) is 27.2 Å². The normalized spacial score (nSPS) is 17.2. The lowest BCUT2D eigenvalue weighted by atomic mass is 10.0. The highest BCUT2D eigenvalue weighted by molar-refractivity contribution is 5.85. The number of likely N-dealkylation sites (tertiary alicyclic amines) is 1. The second-order valence-corrected chi connectivity index (χ2v) is 6.76. The molecule has 1 unspecified atom stereocenters. The Bertz CT molecular complexity index is 712. The Morgan fingerprint density at radius 3 is 2.56 bits per heavy atom. The van der Waals surface area contributed by atoms with Crippen LogP contribution in [-0.2, 0) is 13.2 Å². The number of rotatable bonds is 7. The predicted octanol–water partition coefficient (Wildman–Crippen LogP) is 4.02. The number of piperidine rings is 1. The van der Waals surface area contributed by atoms with E-state index >= 15 is 0 Å². The van der Waals surface area contributed by atoms with E-state index in [0.29, 0.717) is 18.4 Å². The van der Waals surface area contributed by atoms with E-state index in [1.54, 1.807) is 19.2 Å². The zero-order chi connectivity index (χ0) is 18.4. The second kappa shape index (κ2) is 10.5. The number of ether oxygens (including phenoxy) is 2. The number of likely N-dealkylation sites (N-methyl/N-ethyl adjacent to an activating group) is 1. The average molecular weight is 395 g/mol. The van der Waals surface area contributed by atoms with Crippen LogP contribution in [0.5, 0.6) is 11.5 Å². The highest BCUT2D eigenvalue weighted by Crippen LogP contribution is 2.29. The summed E-state index contributed by atoms with van der Waals surface area (Å²) in [5.74, 6) is 1.19. The van der Waals surface area contributed by atoms with Crippen molar-refractivity contribution in [2.24, 2.45) is 0 Å². The molecule has 4 nitrogen and oxygen atoms in total. The van der Waals surface area contributed by atoms with Crippen LogP contribution in [0, 0.1) is 5.82 Å². The fourth-order valence-corrected chi connectivity index (χ4v) is 3.36. The maximum atomic E-state index is 13.0. The molecule has 0 amide bonds. The molecule has 0 radical (unpaired) electrons. The number of methoxy groups -OCH3 is 1. The molecule has 1 fully saturated rings. The van der Waals surface area contributed by atoms with E-state index in [4.69, 9.17) is 9.47 Å². The quantitative estimate of drug-likeness (QED) is 0.769. The third-order valence-corrected chi connectivity index (χ3v) is 4.86. The number of nitrogens with one attached hydrogen (secondary N) is 1. The minimum absolute atomic E-state index is 0. The first-order chi connectivity index (χ1) is 12.7. The summed E-state index contributed by atoms with van der Waals surface area (Å²) in [4.78, 5) is 2.47. The van der Waals surface area contributed by atoms with Crippen LogP contribution in [0.25, 0.3) is 0 Å². The molecule has 0 aliphatic carbocycles. The molecule has 1 heterocycles. The van der Waals surface area contributed by atoms with Gasteiger partial charge >= 0.3 is 0 Å². The highest BCUT2D eigenvalue weighted by Gasteiger charge is 2.18. The first-order valence-corrected chi connectivity index (χ1v) is 9.11. The van der Waals surface area contributed by atoms with Crippen LogP contribution in [0.1, 0.15) is 24.0 Å². The maximum Gasteiger partial charge on any atom is 0.161 e. The zero-order valence-electron chi connectivity index (χ0n) is 15.9. The summed E-state index contributed by atoms with van der Waals surface area (Å²) in [6.07, 6.45) is 2.47. The van der Waals surface area contributed by atoms with Crippen molar-refractivity contribution in [3.8, 4) is 11.5 Å². The number of hydrogen-bond acceptors (Lipinski definition) is 4. The van der Waals surface area contributed by atoms with Crippen molar-refractivity contribution in [3.05, 3.63) is 59.4 Å². The molecule has 27 heavy (non-hydrogen) atoms. The Balaban J connectivity index is 0.00000261. The van der Waals surface area contributed by atoms with E-state index in [1.807, 2.05) is 19.2 Å². The summed E-state index contributed by atoms with van der Waals surface area (Å²) in [7, 11) is 3.69. The Morgan fingerprint density at radius 1 is 1.11 bits per heavy atom. The van der Waals surface area contributed by atoms with E-state index in [0.717, 1.165) is 30.9 Å². The van der Waals surface area contributed by atoms with Crippen LogP contribution in [0.2, 0.25) is 0 Å². The molecule has 1 aliphatic rings. The van der Waals surface area contributed by atoms with Gasteiger partial charge < -0.3 is 14.8 Å². The van der Waals surface area contributed by atoms with Gasteiger partial charge in [0, 0.05) is 19.1 Å². The van der Waals surface area contributed by atoms with Crippen molar-refractivity contribution >= 4 is 12.4 Å². The minimum Gasteiger partial charge on any atom is -0.493 e. The molecule has 2 aromatic carbocycles. The molecule has 1 aliphatic heterocycles. The Kier molecular flexibility index (Phi) is 8.35. The van der Waals surface area contributed by atoms with Gasteiger partial charge in [-0.1, -0.05) is 18.2 Å². The fraction of sp³-hybridized carbons (Fsp3) is 0.429. The fourth-order valence-electron chi connectivity index (χ4n) is 3.36. The first-order valence-electron chi connectivity index (χ1n) is 9.11. The maximum absolute atomic E-state index is 13.0. The molecule has 6 heteroatoms. The molecule has 1 N–H and O–H groups in total. The minimum atomic E-state index is -0.242. The topological polar surface area (TPSA) is 33.7 Å². The summed E-state index contributed by atoms with van der Waals surface area (Å²) in [6.45, 7) is 3.49. The van der Waals surface area contributed by atoms with Crippen LogP contribution in [0.15, 0.2) is 42.5 Å². The molecular weight excluding hydrogens is 367 g/mol. The summed E-state index contributed by atoms with van der Waals surface area (Å²) < 4.78 is 24.4. The molecule has 0 aromatic heterocycles. The lowest BCUT2D eigenvalue weighted by molar-refractivity contribution is 0.187. The number of halogens is 2. The van der Waals surface area contributed by atoms with Gasteiger partial charge in [0.15, 0.2) is 11.5 Å². The number of hydrogen-bond donors (Lipinski definition) is 1. The van der Waals surface area contributed by atoms with Gasteiger partial charge in [-0.15, -0.1) is 12.4 Å². The van der Waals surface area contributed by atoms with Crippen LogP contribution in [0.4, 0.5) is 4.39 Å². The van der Waals surface area contributed by atoms with Crippen LogP contribution < -0.4 is 14.8 Å². The second-order valence-electron chi connectivity index (χ2n) is 6.76. The molecule has 2 aromatic rings. The van der Waals surface area contributed by atoms with E-state index in [2.05, 4.69) is 16.3 Å². The van der Waals surface area contributed by atoms with Crippen molar-refractivity contribution in [3.63, 3.8) is 0 Å². The van der Waals surface area contributed by atoms with Gasteiger partial charge in [-0.3, -0.25) is 4.90 Å². The summed E-state index contributed by atoms with van der Waals surface area (Å²) >= 11 is 0. The molecule has 0 spiro atoms. The van der Waals surface area contributed by atoms with Gasteiger partial charge in [0.1, 0.15) is 12.4 Å². The molecule has 3 rings (SSSR count). The molecule has 0 saturated carbocycles. The largest absolute Gasteiger partial charge is 0.493 e. The summed E-state index contributed by atoms with van der Waals surface area (Å²) in [5.41, 5.74) is 2.14. The Hall–Kier alpha value is -1.82. The van der Waals surface area contributed by atoms with Gasteiger partial charge in [-0.2, -0.15) is 0 Å². The molecule has 1 saturated heterocycles. The standard InChI is InChI=1S/C21H27FN2O2.ClH/c1-23-19-4-3-11-24(14-19)13-17-7-10-20(21(12-17)25-2)26-15-16-5-8-18(22)9-6-16;/h5-10,12,19,23H,3-4,11,13-15H2,1-2H3;1H.